The van der Waals surface area contributed by atoms with Gasteiger partial charge in [0.05, 0.1) is 13.2 Å². The SMILES string of the molecule is C#CCCN=C(NCC)N1CCC2(CCOC2)C1. The van der Waals surface area contributed by atoms with Crippen LogP contribution in [-0.4, -0.2) is 50.3 Å². The molecular formula is C14H23N3O. The topological polar surface area (TPSA) is 36.9 Å². The monoisotopic (exact) mass is 249 g/mol. The summed E-state index contributed by atoms with van der Waals surface area (Å²) in [4.78, 5) is 6.94. The summed E-state index contributed by atoms with van der Waals surface area (Å²) in [6, 6.07) is 0. The maximum atomic E-state index is 5.56. The molecule has 2 aliphatic rings. The van der Waals surface area contributed by atoms with E-state index >= 15 is 0 Å². The van der Waals surface area contributed by atoms with E-state index in [0.29, 0.717) is 18.4 Å². The Bertz CT molecular complexity index is 339. The third-order valence-electron chi connectivity index (χ3n) is 3.78. The van der Waals surface area contributed by atoms with E-state index in [9.17, 15) is 0 Å². The third-order valence-corrected chi connectivity index (χ3v) is 3.78. The number of likely N-dealkylation sites (tertiary alicyclic amines) is 1. The Morgan fingerprint density at radius 3 is 3.11 bits per heavy atom. The summed E-state index contributed by atoms with van der Waals surface area (Å²) in [7, 11) is 0. The van der Waals surface area contributed by atoms with E-state index in [4.69, 9.17) is 11.2 Å². The third kappa shape index (κ3) is 2.97. The zero-order valence-electron chi connectivity index (χ0n) is 11.2. The van der Waals surface area contributed by atoms with Gasteiger partial charge < -0.3 is 15.0 Å². The van der Waals surface area contributed by atoms with Gasteiger partial charge in [-0.05, 0) is 19.8 Å². The molecule has 0 radical (unpaired) electrons. The molecule has 0 saturated carbocycles. The first-order valence-corrected chi connectivity index (χ1v) is 6.84. The van der Waals surface area contributed by atoms with Crippen molar-refractivity contribution in [3.63, 3.8) is 0 Å². The minimum absolute atomic E-state index is 0.377. The van der Waals surface area contributed by atoms with E-state index in [1.807, 2.05) is 0 Å². The Morgan fingerprint density at radius 2 is 2.44 bits per heavy atom. The lowest BCUT2D eigenvalue weighted by atomic mass is 9.87. The fourth-order valence-electron chi connectivity index (χ4n) is 2.74. The Balaban J connectivity index is 1.95. The Morgan fingerprint density at radius 1 is 1.56 bits per heavy atom. The molecule has 4 nitrogen and oxygen atoms in total. The molecule has 4 heteroatoms. The van der Waals surface area contributed by atoms with Crippen LogP contribution in [0.25, 0.3) is 0 Å². The van der Waals surface area contributed by atoms with Gasteiger partial charge in [-0.2, -0.15) is 0 Å². The molecule has 1 unspecified atom stereocenters. The molecule has 0 aromatic rings. The number of ether oxygens (including phenoxy) is 1. The van der Waals surface area contributed by atoms with Crippen molar-refractivity contribution >= 4 is 5.96 Å². The van der Waals surface area contributed by atoms with Crippen LogP contribution >= 0.6 is 0 Å². The number of nitrogens with zero attached hydrogens (tertiary/aromatic N) is 2. The highest BCUT2D eigenvalue weighted by molar-refractivity contribution is 5.80. The lowest BCUT2D eigenvalue weighted by Crippen LogP contribution is -2.41. The average Bonchev–Trinajstić information content (AvgIpc) is 3.00. The van der Waals surface area contributed by atoms with Gasteiger partial charge in [0.2, 0.25) is 0 Å². The van der Waals surface area contributed by atoms with Crippen LogP contribution in [-0.2, 0) is 4.74 Å². The number of terminal acetylenes is 1. The second-order valence-electron chi connectivity index (χ2n) is 5.16. The van der Waals surface area contributed by atoms with Gasteiger partial charge in [0.25, 0.3) is 0 Å². The Hall–Kier alpha value is -1.21. The summed E-state index contributed by atoms with van der Waals surface area (Å²) >= 11 is 0. The van der Waals surface area contributed by atoms with Crippen LogP contribution in [0.1, 0.15) is 26.2 Å². The molecule has 2 aliphatic heterocycles. The normalized spacial score (nSPS) is 27.8. The molecule has 2 heterocycles. The molecule has 1 spiro atoms. The zero-order chi connectivity index (χ0) is 12.8. The number of nitrogens with one attached hydrogen (secondary N) is 1. The van der Waals surface area contributed by atoms with E-state index in [1.165, 1.54) is 12.8 Å². The van der Waals surface area contributed by atoms with Crippen molar-refractivity contribution in [2.45, 2.75) is 26.2 Å². The molecule has 0 bridgehead atoms. The van der Waals surface area contributed by atoms with Crippen molar-refractivity contribution in [2.75, 3.05) is 39.4 Å². The number of guanidine groups is 1. The molecule has 0 amide bonds. The van der Waals surface area contributed by atoms with E-state index < -0.39 is 0 Å². The number of hydrogen-bond donors (Lipinski definition) is 1. The lowest BCUT2D eigenvalue weighted by Gasteiger charge is -2.24. The molecule has 0 aromatic carbocycles. The summed E-state index contributed by atoms with van der Waals surface area (Å²) < 4.78 is 5.56. The van der Waals surface area contributed by atoms with Crippen LogP contribution in [0.4, 0.5) is 0 Å². The molecule has 18 heavy (non-hydrogen) atoms. The standard InChI is InChI=1S/C14H23N3O/c1-3-5-8-16-13(15-4-2)17-9-6-14(11-17)7-10-18-12-14/h1H,4-12H2,2H3,(H,15,16). The molecule has 2 rings (SSSR count). The van der Waals surface area contributed by atoms with Crippen LogP contribution in [0.3, 0.4) is 0 Å². The van der Waals surface area contributed by atoms with Crippen molar-refractivity contribution in [2.24, 2.45) is 10.4 Å². The first kappa shape index (κ1) is 13.2. The molecule has 2 saturated heterocycles. The summed E-state index contributed by atoms with van der Waals surface area (Å²) in [5, 5.41) is 3.36. The fraction of sp³-hybridized carbons (Fsp3) is 0.786. The molecule has 1 atom stereocenters. The van der Waals surface area contributed by atoms with Crippen molar-refractivity contribution in [1.82, 2.24) is 10.2 Å². The second kappa shape index (κ2) is 6.10. The summed E-state index contributed by atoms with van der Waals surface area (Å²) in [5.41, 5.74) is 0.377. The van der Waals surface area contributed by atoms with Gasteiger partial charge in [0.15, 0.2) is 5.96 Å². The van der Waals surface area contributed by atoms with Gasteiger partial charge in [0.1, 0.15) is 0 Å². The highest BCUT2D eigenvalue weighted by Gasteiger charge is 2.42. The van der Waals surface area contributed by atoms with Crippen molar-refractivity contribution in [3.8, 4) is 12.3 Å². The molecule has 0 aliphatic carbocycles. The summed E-state index contributed by atoms with van der Waals surface area (Å²) in [5.74, 6) is 3.64. The Labute approximate surface area is 110 Å². The highest BCUT2D eigenvalue weighted by Crippen LogP contribution is 2.38. The van der Waals surface area contributed by atoms with Crippen LogP contribution in [0.2, 0.25) is 0 Å². The van der Waals surface area contributed by atoms with Crippen LogP contribution in [0.5, 0.6) is 0 Å². The zero-order valence-corrected chi connectivity index (χ0v) is 11.2. The van der Waals surface area contributed by atoms with Gasteiger partial charge in [-0.3, -0.25) is 4.99 Å². The van der Waals surface area contributed by atoms with Gasteiger partial charge in [-0.15, -0.1) is 12.3 Å². The smallest absolute Gasteiger partial charge is 0.193 e. The Kier molecular flexibility index (Phi) is 4.48. The fourth-order valence-corrected chi connectivity index (χ4v) is 2.74. The average molecular weight is 249 g/mol. The maximum Gasteiger partial charge on any atom is 0.193 e. The van der Waals surface area contributed by atoms with Crippen LogP contribution in [0.15, 0.2) is 4.99 Å². The van der Waals surface area contributed by atoms with Crippen LogP contribution in [0, 0.1) is 17.8 Å². The summed E-state index contributed by atoms with van der Waals surface area (Å²) in [6.45, 7) is 7.67. The van der Waals surface area contributed by atoms with Gasteiger partial charge in [0, 0.05) is 38.1 Å². The largest absolute Gasteiger partial charge is 0.381 e. The maximum absolute atomic E-state index is 5.56. The molecule has 0 aromatic heterocycles. The van der Waals surface area contributed by atoms with Gasteiger partial charge in [-0.1, -0.05) is 0 Å². The minimum atomic E-state index is 0.377. The van der Waals surface area contributed by atoms with Gasteiger partial charge >= 0.3 is 0 Å². The van der Waals surface area contributed by atoms with Crippen molar-refractivity contribution < 1.29 is 4.74 Å². The molecule has 1 N–H and O–H groups in total. The van der Waals surface area contributed by atoms with Crippen LogP contribution < -0.4 is 5.32 Å². The molecule has 2 fully saturated rings. The quantitative estimate of drug-likeness (QED) is 0.352. The van der Waals surface area contributed by atoms with E-state index in [1.54, 1.807) is 0 Å². The number of hydrogen-bond acceptors (Lipinski definition) is 2. The van der Waals surface area contributed by atoms with E-state index in [0.717, 1.165) is 38.8 Å². The highest BCUT2D eigenvalue weighted by atomic mass is 16.5. The van der Waals surface area contributed by atoms with Crippen molar-refractivity contribution in [1.29, 1.82) is 0 Å². The minimum Gasteiger partial charge on any atom is -0.381 e. The second-order valence-corrected chi connectivity index (χ2v) is 5.16. The van der Waals surface area contributed by atoms with E-state index in [-0.39, 0.29) is 0 Å². The summed E-state index contributed by atoms with van der Waals surface area (Å²) in [6.07, 6.45) is 8.37. The first-order valence-electron chi connectivity index (χ1n) is 6.84. The predicted octanol–water partition coefficient (Wildman–Crippen LogP) is 1.09. The first-order chi connectivity index (χ1) is 8.79. The predicted molar refractivity (Wildman–Crippen MR) is 73.5 cm³/mol. The van der Waals surface area contributed by atoms with Gasteiger partial charge in [-0.25, -0.2) is 0 Å². The van der Waals surface area contributed by atoms with E-state index in [2.05, 4.69) is 28.1 Å². The lowest BCUT2D eigenvalue weighted by molar-refractivity contribution is 0.156. The van der Waals surface area contributed by atoms with Crippen molar-refractivity contribution in [3.05, 3.63) is 0 Å². The molecule has 100 valence electrons. The number of rotatable bonds is 3. The number of aliphatic imine (C=N–C) groups is 1. The molecular weight excluding hydrogens is 226 g/mol.